The highest BCUT2D eigenvalue weighted by molar-refractivity contribution is 9.10. The van der Waals surface area contributed by atoms with Crippen LogP contribution in [0.1, 0.15) is 29.8 Å². The minimum Gasteiger partial charge on any atom is -0.321 e. The third-order valence-electron chi connectivity index (χ3n) is 3.89. The van der Waals surface area contributed by atoms with Gasteiger partial charge in [0.1, 0.15) is 10.7 Å². The Labute approximate surface area is 161 Å². The van der Waals surface area contributed by atoms with Crippen molar-refractivity contribution < 1.29 is 17.6 Å². The van der Waals surface area contributed by atoms with E-state index in [9.17, 15) is 17.6 Å². The molecule has 0 atom stereocenters. The fraction of sp³-hybridized carbons (Fsp3) is 0.278. The number of amides is 1. The minimum absolute atomic E-state index is 0.0598. The summed E-state index contributed by atoms with van der Waals surface area (Å²) in [6, 6.07) is 8.73. The van der Waals surface area contributed by atoms with Crippen LogP contribution in [-0.2, 0) is 10.0 Å². The molecule has 2 aromatic rings. The number of nitrogens with zero attached hydrogens (tertiary/aromatic N) is 1. The lowest BCUT2D eigenvalue weighted by molar-refractivity contribution is 0.102. The average Bonchev–Trinajstić information content (AvgIpc) is 2.58. The zero-order valence-electron chi connectivity index (χ0n) is 14.7. The summed E-state index contributed by atoms with van der Waals surface area (Å²) in [5.41, 5.74) is 1.62. The van der Waals surface area contributed by atoms with Crippen molar-refractivity contribution in [2.45, 2.75) is 25.7 Å². The molecule has 26 heavy (non-hydrogen) atoms. The van der Waals surface area contributed by atoms with E-state index in [0.717, 1.165) is 22.0 Å². The van der Waals surface area contributed by atoms with Crippen LogP contribution in [0.4, 0.5) is 10.1 Å². The van der Waals surface area contributed by atoms with E-state index in [2.05, 4.69) is 21.2 Å². The van der Waals surface area contributed by atoms with Crippen molar-refractivity contribution in [3.05, 3.63) is 57.8 Å². The van der Waals surface area contributed by atoms with E-state index in [1.807, 2.05) is 19.1 Å². The molecule has 140 valence electrons. The molecule has 0 aliphatic rings. The largest absolute Gasteiger partial charge is 0.321 e. The van der Waals surface area contributed by atoms with Crippen LogP contribution in [0.3, 0.4) is 0 Å². The molecular weight excluding hydrogens is 423 g/mol. The fourth-order valence-corrected chi connectivity index (χ4v) is 4.60. The molecule has 0 saturated heterocycles. The molecule has 8 heteroatoms. The van der Waals surface area contributed by atoms with E-state index in [1.165, 1.54) is 6.07 Å². The number of nitrogens with one attached hydrogen (secondary N) is 1. The van der Waals surface area contributed by atoms with Gasteiger partial charge >= 0.3 is 0 Å². The Hall–Kier alpha value is -1.77. The summed E-state index contributed by atoms with van der Waals surface area (Å²) < 4.78 is 41.2. The molecule has 0 aromatic heterocycles. The summed E-state index contributed by atoms with van der Waals surface area (Å²) >= 11 is 3.37. The van der Waals surface area contributed by atoms with Gasteiger partial charge in [-0.3, -0.25) is 4.79 Å². The summed E-state index contributed by atoms with van der Waals surface area (Å²) in [4.78, 5) is 12.0. The zero-order valence-corrected chi connectivity index (χ0v) is 17.1. The Kier molecular flexibility index (Phi) is 6.54. The summed E-state index contributed by atoms with van der Waals surface area (Å²) in [6.45, 7) is 5.69. The molecule has 0 heterocycles. The number of halogens is 2. The molecule has 0 aliphatic carbocycles. The molecule has 0 unspecified atom stereocenters. The predicted octanol–water partition coefficient (Wildman–Crippen LogP) is 4.18. The summed E-state index contributed by atoms with van der Waals surface area (Å²) in [6.07, 6.45) is 0. The van der Waals surface area contributed by atoms with Gasteiger partial charge in [0.15, 0.2) is 0 Å². The number of hydrogen-bond donors (Lipinski definition) is 1. The van der Waals surface area contributed by atoms with E-state index >= 15 is 0 Å². The minimum atomic E-state index is -4.01. The second-order valence-corrected chi connectivity index (χ2v) is 8.43. The molecule has 0 fully saturated rings. The van der Waals surface area contributed by atoms with E-state index in [-0.39, 0.29) is 18.7 Å². The Morgan fingerprint density at radius 2 is 1.81 bits per heavy atom. The molecule has 0 bridgehead atoms. The third-order valence-corrected chi connectivity index (χ3v) is 6.61. The first kappa shape index (κ1) is 20.5. The monoisotopic (exact) mass is 442 g/mol. The molecule has 2 aromatic carbocycles. The van der Waals surface area contributed by atoms with Crippen molar-refractivity contribution in [1.29, 1.82) is 0 Å². The van der Waals surface area contributed by atoms with Crippen molar-refractivity contribution in [1.82, 2.24) is 4.31 Å². The van der Waals surface area contributed by atoms with Crippen LogP contribution in [0.5, 0.6) is 0 Å². The number of rotatable bonds is 6. The van der Waals surface area contributed by atoms with Gasteiger partial charge in [0, 0.05) is 23.1 Å². The molecule has 5 nitrogen and oxygen atoms in total. The molecule has 0 radical (unpaired) electrons. The Balaban J connectivity index is 2.38. The van der Waals surface area contributed by atoms with Gasteiger partial charge in [-0.1, -0.05) is 19.9 Å². The lowest BCUT2D eigenvalue weighted by Gasteiger charge is -2.19. The smallest absolute Gasteiger partial charge is 0.255 e. The van der Waals surface area contributed by atoms with Gasteiger partial charge in [-0.15, -0.1) is 0 Å². The van der Waals surface area contributed by atoms with Crippen LogP contribution in [0.2, 0.25) is 0 Å². The maximum absolute atomic E-state index is 14.2. The van der Waals surface area contributed by atoms with Crippen LogP contribution in [-0.4, -0.2) is 31.7 Å². The third kappa shape index (κ3) is 4.31. The van der Waals surface area contributed by atoms with Crippen LogP contribution in [0, 0.1) is 12.7 Å². The van der Waals surface area contributed by atoms with Crippen molar-refractivity contribution >= 4 is 37.5 Å². The molecule has 0 spiro atoms. The fourth-order valence-electron chi connectivity index (χ4n) is 2.46. The zero-order chi connectivity index (χ0) is 19.5. The number of benzene rings is 2. The summed E-state index contributed by atoms with van der Waals surface area (Å²) in [5.74, 6) is -1.41. The number of sulfonamides is 1. The average molecular weight is 443 g/mol. The molecule has 2 rings (SSSR count). The van der Waals surface area contributed by atoms with Crippen molar-refractivity contribution in [3.63, 3.8) is 0 Å². The van der Waals surface area contributed by atoms with Crippen molar-refractivity contribution in [3.8, 4) is 0 Å². The second-order valence-electron chi connectivity index (χ2n) is 5.67. The van der Waals surface area contributed by atoms with Gasteiger partial charge in [0.25, 0.3) is 5.91 Å². The van der Waals surface area contributed by atoms with E-state index in [0.29, 0.717) is 10.2 Å². The van der Waals surface area contributed by atoms with Gasteiger partial charge in [-0.05, 0) is 58.7 Å². The normalized spacial score (nSPS) is 11.6. The topological polar surface area (TPSA) is 66.5 Å². The Morgan fingerprint density at radius 3 is 2.38 bits per heavy atom. The SMILES string of the molecule is CCN(CC)S(=O)(=O)c1cc(C(=O)Nc2ccc(C)cc2Br)ccc1F. The molecular formula is C18H20BrFN2O3S. The summed E-state index contributed by atoms with van der Waals surface area (Å²) in [7, 11) is -4.01. The van der Waals surface area contributed by atoms with Crippen molar-refractivity contribution in [2.75, 3.05) is 18.4 Å². The lowest BCUT2D eigenvalue weighted by atomic mass is 10.2. The standard InChI is InChI=1S/C18H20BrFN2O3S/c1-4-22(5-2)26(24,25)17-11-13(7-8-15(17)20)18(23)21-16-9-6-12(3)10-14(16)19/h6-11H,4-5H2,1-3H3,(H,21,23). The van der Waals surface area contributed by atoms with E-state index in [1.54, 1.807) is 19.9 Å². The molecule has 0 saturated carbocycles. The highest BCUT2D eigenvalue weighted by Gasteiger charge is 2.26. The Morgan fingerprint density at radius 1 is 1.15 bits per heavy atom. The van der Waals surface area contributed by atoms with Gasteiger partial charge < -0.3 is 5.32 Å². The highest BCUT2D eigenvalue weighted by Crippen LogP contribution is 2.25. The van der Waals surface area contributed by atoms with Gasteiger partial charge in [0.05, 0.1) is 5.69 Å². The quantitative estimate of drug-likeness (QED) is 0.729. The van der Waals surface area contributed by atoms with Gasteiger partial charge in [-0.2, -0.15) is 4.31 Å². The van der Waals surface area contributed by atoms with Gasteiger partial charge in [-0.25, -0.2) is 12.8 Å². The maximum Gasteiger partial charge on any atom is 0.255 e. The molecule has 1 N–H and O–H groups in total. The first-order valence-corrected chi connectivity index (χ1v) is 10.3. The number of hydrogen-bond acceptors (Lipinski definition) is 3. The van der Waals surface area contributed by atoms with Crippen LogP contribution in [0.25, 0.3) is 0 Å². The highest BCUT2D eigenvalue weighted by atomic mass is 79.9. The Bertz CT molecular complexity index is 928. The number of carbonyl (C=O) groups is 1. The summed E-state index contributed by atoms with van der Waals surface area (Å²) in [5, 5.41) is 2.69. The van der Waals surface area contributed by atoms with Crippen LogP contribution in [0.15, 0.2) is 45.8 Å². The van der Waals surface area contributed by atoms with E-state index in [4.69, 9.17) is 0 Å². The van der Waals surface area contributed by atoms with Crippen LogP contribution >= 0.6 is 15.9 Å². The number of aryl methyl sites for hydroxylation is 1. The lowest BCUT2D eigenvalue weighted by Crippen LogP contribution is -2.31. The first-order valence-electron chi connectivity index (χ1n) is 8.07. The first-order chi connectivity index (χ1) is 12.2. The second kappa shape index (κ2) is 8.28. The number of anilines is 1. The van der Waals surface area contributed by atoms with E-state index < -0.39 is 26.6 Å². The number of carbonyl (C=O) groups excluding carboxylic acids is 1. The maximum atomic E-state index is 14.2. The van der Waals surface area contributed by atoms with Gasteiger partial charge in [0.2, 0.25) is 10.0 Å². The predicted molar refractivity (Wildman–Crippen MR) is 103 cm³/mol. The van der Waals surface area contributed by atoms with Crippen molar-refractivity contribution in [2.24, 2.45) is 0 Å². The molecule has 0 aliphatic heterocycles. The van der Waals surface area contributed by atoms with Crippen LogP contribution < -0.4 is 5.32 Å². The molecule has 1 amide bonds.